The molecular weight excluding hydrogens is 204 g/mol. The van der Waals surface area contributed by atoms with E-state index in [2.05, 4.69) is 45.9 Å². The van der Waals surface area contributed by atoms with Crippen LogP contribution >= 0.6 is 0 Å². The molecule has 2 bridgehead atoms. The average Bonchev–Trinajstić information content (AvgIpc) is 2.87. The van der Waals surface area contributed by atoms with Gasteiger partial charge in [0.25, 0.3) is 0 Å². The number of fused-ring (bicyclic) bond motifs is 2. The first kappa shape index (κ1) is 12.7. The highest BCUT2D eigenvalue weighted by atomic mass is 14.4. The molecule has 0 aromatic heterocycles. The minimum atomic E-state index is 0.897. The second kappa shape index (κ2) is 5.25. The molecule has 0 aliphatic heterocycles. The molecule has 0 saturated heterocycles. The van der Waals surface area contributed by atoms with Crippen molar-refractivity contribution in [3.05, 3.63) is 34.9 Å². The highest BCUT2D eigenvalue weighted by Gasteiger charge is 2.34. The number of hydrogen-bond donors (Lipinski definition) is 0. The number of allylic oxidation sites excluding steroid dienone is 6. The molecule has 0 amide bonds. The first-order valence-electron chi connectivity index (χ1n) is 7.03. The molecule has 0 heteroatoms. The fourth-order valence-corrected chi connectivity index (χ4v) is 3.19. The summed E-state index contributed by atoms with van der Waals surface area (Å²) in [5.41, 5.74) is 4.56. The standard InChI is InChI=1S/C17H26/c1-12(2)14(4)9-13(3)5-7-16-10-15-6-8-17(16)11-15/h5-6,8,15-17H,7,9-11H2,1-4H3. The van der Waals surface area contributed by atoms with Crippen molar-refractivity contribution in [1.29, 1.82) is 0 Å². The Hall–Kier alpha value is -0.780. The smallest absolute Gasteiger partial charge is 0.0112 e. The Labute approximate surface area is 106 Å². The van der Waals surface area contributed by atoms with Crippen molar-refractivity contribution in [3.8, 4) is 0 Å². The predicted octanol–water partition coefficient (Wildman–Crippen LogP) is 5.28. The van der Waals surface area contributed by atoms with E-state index in [0.29, 0.717) is 0 Å². The maximum Gasteiger partial charge on any atom is -0.0112 e. The second-order valence-corrected chi connectivity index (χ2v) is 6.28. The molecule has 3 unspecified atom stereocenters. The zero-order valence-corrected chi connectivity index (χ0v) is 11.8. The first-order chi connectivity index (χ1) is 8.06. The Balaban J connectivity index is 1.85. The number of hydrogen-bond acceptors (Lipinski definition) is 0. The van der Waals surface area contributed by atoms with Gasteiger partial charge in [-0.1, -0.05) is 34.9 Å². The van der Waals surface area contributed by atoms with Crippen LogP contribution in [0, 0.1) is 17.8 Å². The van der Waals surface area contributed by atoms with E-state index < -0.39 is 0 Å². The summed E-state index contributed by atoms with van der Waals surface area (Å²) in [6.07, 6.45) is 12.7. The molecule has 2 rings (SSSR count). The van der Waals surface area contributed by atoms with E-state index in [4.69, 9.17) is 0 Å². The molecule has 0 heterocycles. The molecule has 0 aromatic rings. The molecule has 2 aliphatic carbocycles. The lowest BCUT2D eigenvalue weighted by Crippen LogP contribution is -2.05. The van der Waals surface area contributed by atoms with Gasteiger partial charge in [-0.25, -0.2) is 0 Å². The van der Waals surface area contributed by atoms with E-state index >= 15 is 0 Å². The van der Waals surface area contributed by atoms with Crippen LogP contribution < -0.4 is 0 Å². The van der Waals surface area contributed by atoms with Gasteiger partial charge in [-0.05, 0) is 71.1 Å². The van der Waals surface area contributed by atoms with Crippen LogP contribution in [0.3, 0.4) is 0 Å². The average molecular weight is 230 g/mol. The molecule has 1 saturated carbocycles. The maximum absolute atomic E-state index is 2.49. The summed E-state index contributed by atoms with van der Waals surface area (Å²) >= 11 is 0. The van der Waals surface area contributed by atoms with Crippen molar-refractivity contribution < 1.29 is 0 Å². The first-order valence-corrected chi connectivity index (χ1v) is 7.03. The van der Waals surface area contributed by atoms with Crippen LogP contribution in [0.1, 0.15) is 53.4 Å². The third-order valence-electron chi connectivity index (χ3n) is 4.58. The van der Waals surface area contributed by atoms with Crippen LogP contribution in [0.5, 0.6) is 0 Å². The van der Waals surface area contributed by atoms with Crippen LogP contribution in [0.25, 0.3) is 0 Å². The van der Waals surface area contributed by atoms with E-state index in [1.54, 1.807) is 5.57 Å². The van der Waals surface area contributed by atoms with Crippen LogP contribution in [0.4, 0.5) is 0 Å². The topological polar surface area (TPSA) is 0 Å². The largest absolute Gasteiger partial charge is 0.0851 e. The lowest BCUT2D eigenvalue weighted by atomic mass is 9.89. The number of rotatable bonds is 4. The quantitative estimate of drug-likeness (QED) is 0.576. The van der Waals surface area contributed by atoms with E-state index in [9.17, 15) is 0 Å². The lowest BCUT2D eigenvalue weighted by molar-refractivity contribution is 0.453. The molecule has 0 aromatic carbocycles. The molecule has 94 valence electrons. The molecule has 0 nitrogen and oxygen atoms in total. The molecule has 17 heavy (non-hydrogen) atoms. The van der Waals surface area contributed by atoms with Crippen LogP contribution in [-0.4, -0.2) is 0 Å². The zero-order valence-electron chi connectivity index (χ0n) is 11.8. The summed E-state index contributed by atoms with van der Waals surface area (Å²) in [6.45, 7) is 8.97. The van der Waals surface area contributed by atoms with Gasteiger partial charge in [-0.2, -0.15) is 0 Å². The lowest BCUT2D eigenvalue weighted by Gasteiger charge is -2.16. The Morgan fingerprint density at radius 2 is 1.88 bits per heavy atom. The molecule has 0 spiro atoms. The van der Waals surface area contributed by atoms with Gasteiger partial charge in [0.05, 0.1) is 0 Å². The van der Waals surface area contributed by atoms with Crippen molar-refractivity contribution in [1.82, 2.24) is 0 Å². The maximum atomic E-state index is 2.49. The summed E-state index contributed by atoms with van der Waals surface area (Å²) in [6, 6.07) is 0. The molecule has 0 radical (unpaired) electrons. The van der Waals surface area contributed by atoms with Crippen molar-refractivity contribution >= 4 is 0 Å². The van der Waals surface area contributed by atoms with Crippen molar-refractivity contribution in [2.45, 2.75) is 53.4 Å². The summed E-state index contributed by atoms with van der Waals surface area (Å²) in [5, 5.41) is 0. The normalized spacial score (nSPS) is 31.1. The van der Waals surface area contributed by atoms with Gasteiger partial charge < -0.3 is 0 Å². The minimum absolute atomic E-state index is 0.897. The molecule has 3 atom stereocenters. The van der Waals surface area contributed by atoms with Gasteiger partial charge in [-0.15, -0.1) is 0 Å². The molecular formula is C17H26. The Kier molecular flexibility index (Phi) is 3.91. The second-order valence-electron chi connectivity index (χ2n) is 6.28. The summed E-state index contributed by atoms with van der Waals surface area (Å²) < 4.78 is 0. The third kappa shape index (κ3) is 3.12. The van der Waals surface area contributed by atoms with Gasteiger partial charge >= 0.3 is 0 Å². The summed E-state index contributed by atoms with van der Waals surface area (Å²) in [5.74, 6) is 2.75. The van der Waals surface area contributed by atoms with E-state index in [-0.39, 0.29) is 0 Å². The van der Waals surface area contributed by atoms with Gasteiger partial charge in [0.15, 0.2) is 0 Å². The van der Waals surface area contributed by atoms with E-state index in [0.717, 1.165) is 17.8 Å². The SMILES string of the molecule is CC(=CCC1CC2C=CC1C2)CC(C)=C(C)C. The fraction of sp³-hybridized carbons (Fsp3) is 0.647. The zero-order chi connectivity index (χ0) is 12.4. The van der Waals surface area contributed by atoms with E-state index in [1.807, 2.05) is 0 Å². The Bertz CT molecular complexity index is 363. The highest BCUT2D eigenvalue weighted by molar-refractivity contribution is 5.17. The third-order valence-corrected chi connectivity index (χ3v) is 4.58. The fourth-order valence-electron chi connectivity index (χ4n) is 3.19. The van der Waals surface area contributed by atoms with Crippen molar-refractivity contribution in [2.24, 2.45) is 17.8 Å². The van der Waals surface area contributed by atoms with Crippen LogP contribution in [-0.2, 0) is 0 Å². The van der Waals surface area contributed by atoms with Crippen LogP contribution in [0.15, 0.2) is 34.9 Å². The molecule has 0 N–H and O–H groups in total. The molecule has 2 aliphatic rings. The molecule has 1 fully saturated rings. The van der Waals surface area contributed by atoms with Gasteiger partial charge in [0, 0.05) is 0 Å². The minimum Gasteiger partial charge on any atom is -0.0851 e. The van der Waals surface area contributed by atoms with Gasteiger partial charge in [-0.3, -0.25) is 0 Å². The Morgan fingerprint density at radius 3 is 2.41 bits per heavy atom. The van der Waals surface area contributed by atoms with E-state index in [1.165, 1.54) is 36.8 Å². The Morgan fingerprint density at radius 1 is 1.12 bits per heavy atom. The van der Waals surface area contributed by atoms with Crippen molar-refractivity contribution in [3.63, 3.8) is 0 Å². The summed E-state index contributed by atoms with van der Waals surface area (Å²) in [4.78, 5) is 0. The highest BCUT2D eigenvalue weighted by Crippen LogP contribution is 2.45. The van der Waals surface area contributed by atoms with Gasteiger partial charge in [0.1, 0.15) is 0 Å². The monoisotopic (exact) mass is 230 g/mol. The van der Waals surface area contributed by atoms with Gasteiger partial charge in [0.2, 0.25) is 0 Å². The predicted molar refractivity (Wildman–Crippen MR) is 75.9 cm³/mol. The van der Waals surface area contributed by atoms with Crippen molar-refractivity contribution in [2.75, 3.05) is 0 Å². The summed E-state index contributed by atoms with van der Waals surface area (Å²) in [7, 11) is 0. The van der Waals surface area contributed by atoms with Crippen LogP contribution in [0.2, 0.25) is 0 Å².